The summed E-state index contributed by atoms with van der Waals surface area (Å²) in [6.07, 6.45) is 6.45. The van der Waals surface area contributed by atoms with Gasteiger partial charge in [0.2, 0.25) is 5.91 Å². The van der Waals surface area contributed by atoms with E-state index in [2.05, 4.69) is 24.5 Å². The summed E-state index contributed by atoms with van der Waals surface area (Å²) in [5.74, 6) is 1.57. The largest absolute Gasteiger partial charge is 0.494 e. The SMILES string of the molecule is CC(C)CCOc1cccc(NC(=S)NC(=O)C2CCCCC2)c1. The normalized spacial score (nSPS) is 15.1. The van der Waals surface area contributed by atoms with Crippen molar-refractivity contribution in [2.24, 2.45) is 11.8 Å². The zero-order valence-corrected chi connectivity index (χ0v) is 15.5. The Morgan fingerprint density at radius 3 is 2.75 bits per heavy atom. The Morgan fingerprint density at radius 1 is 1.29 bits per heavy atom. The number of carbonyl (C=O) groups is 1. The lowest BCUT2D eigenvalue weighted by Gasteiger charge is -2.21. The third-order valence-corrected chi connectivity index (χ3v) is 4.47. The van der Waals surface area contributed by atoms with Crippen LogP contribution in [0, 0.1) is 11.8 Å². The molecular formula is C19H28N2O2S. The van der Waals surface area contributed by atoms with E-state index in [0.717, 1.165) is 43.5 Å². The van der Waals surface area contributed by atoms with Crippen molar-refractivity contribution < 1.29 is 9.53 Å². The van der Waals surface area contributed by atoms with E-state index in [-0.39, 0.29) is 11.8 Å². The number of anilines is 1. The van der Waals surface area contributed by atoms with Crippen LogP contribution < -0.4 is 15.4 Å². The maximum Gasteiger partial charge on any atom is 0.229 e. The second kappa shape index (κ2) is 9.62. The van der Waals surface area contributed by atoms with Crippen molar-refractivity contribution in [3.63, 3.8) is 0 Å². The van der Waals surface area contributed by atoms with Crippen LogP contribution in [0.2, 0.25) is 0 Å². The molecule has 1 aromatic rings. The minimum Gasteiger partial charge on any atom is -0.494 e. The molecule has 0 aromatic heterocycles. The van der Waals surface area contributed by atoms with Crippen molar-refractivity contribution in [3.8, 4) is 5.75 Å². The molecule has 24 heavy (non-hydrogen) atoms. The average Bonchev–Trinajstić information content (AvgIpc) is 2.55. The van der Waals surface area contributed by atoms with Crippen molar-refractivity contribution in [1.29, 1.82) is 0 Å². The molecule has 0 saturated heterocycles. The zero-order valence-electron chi connectivity index (χ0n) is 14.6. The van der Waals surface area contributed by atoms with Crippen LogP contribution in [0.1, 0.15) is 52.4 Å². The fourth-order valence-corrected chi connectivity index (χ4v) is 3.04. The van der Waals surface area contributed by atoms with Gasteiger partial charge in [-0.25, -0.2) is 0 Å². The first-order chi connectivity index (χ1) is 11.5. The van der Waals surface area contributed by atoms with E-state index in [9.17, 15) is 4.79 Å². The highest BCUT2D eigenvalue weighted by atomic mass is 32.1. The van der Waals surface area contributed by atoms with E-state index in [1.807, 2.05) is 24.3 Å². The molecule has 2 rings (SSSR count). The van der Waals surface area contributed by atoms with Crippen LogP contribution in [0.5, 0.6) is 5.75 Å². The minimum atomic E-state index is 0.0385. The molecule has 5 heteroatoms. The predicted octanol–water partition coefficient (Wildman–Crippen LogP) is 4.50. The number of nitrogens with one attached hydrogen (secondary N) is 2. The lowest BCUT2D eigenvalue weighted by Crippen LogP contribution is -2.38. The van der Waals surface area contributed by atoms with Gasteiger partial charge in [0.1, 0.15) is 5.75 Å². The maximum atomic E-state index is 12.2. The van der Waals surface area contributed by atoms with Crippen molar-refractivity contribution in [2.45, 2.75) is 52.4 Å². The first-order valence-corrected chi connectivity index (χ1v) is 9.30. The zero-order chi connectivity index (χ0) is 17.4. The van der Waals surface area contributed by atoms with Gasteiger partial charge in [-0.3, -0.25) is 4.79 Å². The highest BCUT2D eigenvalue weighted by Crippen LogP contribution is 2.23. The van der Waals surface area contributed by atoms with E-state index < -0.39 is 0 Å². The first kappa shape index (κ1) is 18.7. The van der Waals surface area contributed by atoms with Crippen LogP contribution >= 0.6 is 12.2 Å². The van der Waals surface area contributed by atoms with Crippen LogP contribution in [0.25, 0.3) is 0 Å². The molecule has 0 bridgehead atoms. The highest BCUT2D eigenvalue weighted by Gasteiger charge is 2.21. The molecule has 0 aliphatic heterocycles. The summed E-state index contributed by atoms with van der Waals surface area (Å²) in [4.78, 5) is 12.2. The second-order valence-electron chi connectivity index (χ2n) is 6.84. The Bertz CT molecular complexity index is 554. The summed E-state index contributed by atoms with van der Waals surface area (Å²) in [6.45, 7) is 5.05. The van der Waals surface area contributed by atoms with Gasteiger partial charge < -0.3 is 15.4 Å². The van der Waals surface area contributed by atoms with Crippen LogP contribution in [0.4, 0.5) is 5.69 Å². The lowest BCUT2D eigenvalue weighted by molar-refractivity contribution is -0.124. The third kappa shape index (κ3) is 6.48. The molecule has 0 spiro atoms. The number of thiocarbonyl (C=S) groups is 1. The number of hydrogen-bond acceptors (Lipinski definition) is 3. The molecule has 1 aliphatic rings. The van der Waals surface area contributed by atoms with Gasteiger partial charge in [-0.05, 0) is 49.5 Å². The Hall–Kier alpha value is -1.62. The highest BCUT2D eigenvalue weighted by molar-refractivity contribution is 7.80. The second-order valence-corrected chi connectivity index (χ2v) is 7.25. The summed E-state index contributed by atoms with van der Waals surface area (Å²) >= 11 is 5.26. The van der Waals surface area contributed by atoms with E-state index in [0.29, 0.717) is 17.6 Å². The van der Waals surface area contributed by atoms with E-state index in [1.165, 1.54) is 6.42 Å². The fraction of sp³-hybridized carbons (Fsp3) is 0.579. The standard InChI is InChI=1S/C19H28N2O2S/c1-14(2)11-12-23-17-10-6-9-16(13-17)20-19(24)21-18(22)15-7-4-3-5-8-15/h6,9-10,13-15H,3-5,7-8,11-12H2,1-2H3,(H2,20,21,22,24). The maximum absolute atomic E-state index is 12.2. The molecule has 132 valence electrons. The monoisotopic (exact) mass is 348 g/mol. The van der Waals surface area contributed by atoms with Crippen molar-refractivity contribution >= 4 is 28.9 Å². The van der Waals surface area contributed by atoms with Gasteiger partial charge in [0.15, 0.2) is 5.11 Å². The molecule has 0 radical (unpaired) electrons. The number of rotatable bonds is 6. The van der Waals surface area contributed by atoms with Gasteiger partial charge in [0.25, 0.3) is 0 Å². The summed E-state index contributed by atoms with van der Waals surface area (Å²) in [7, 11) is 0. The Morgan fingerprint density at radius 2 is 2.04 bits per heavy atom. The number of ether oxygens (including phenoxy) is 1. The number of hydrogen-bond donors (Lipinski definition) is 2. The minimum absolute atomic E-state index is 0.0385. The Balaban J connectivity index is 1.81. The van der Waals surface area contributed by atoms with Crippen molar-refractivity contribution in [3.05, 3.63) is 24.3 Å². The summed E-state index contributed by atoms with van der Waals surface area (Å²) in [6, 6.07) is 7.65. The van der Waals surface area contributed by atoms with Crippen LogP contribution in [0.15, 0.2) is 24.3 Å². The molecular weight excluding hydrogens is 320 g/mol. The molecule has 2 N–H and O–H groups in total. The first-order valence-electron chi connectivity index (χ1n) is 8.89. The molecule has 1 fully saturated rings. The topological polar surface area (TPSA) is 50.4 Å². The van der Waals surface area contributed by atoms with E-state index in [4.69, 9.17) is 17.0 Å². The number of amides is 1. The molecule has 0 unspecified atom stereocenters. The Labute approximate surface area is 150 Å². The molecule has 1 aliphatic carbocycles. The summed E-state index contributed by atoms with van der Waals surface area (Å²) < 4.78 is 5.74. The van der Waals surface area contributed by atoms with Gasteiger partial charge in [-0.2, -0.15) is 0 Å². The molecule has 1 aromatic carbocycles. The fourth-order valence-electron chi connectivity index (χ4n) is 2.82. The molecule has 4 nitrogen and oxygen atoms in total. The molecule has 0 atom stereocenters. The smallest absolute Gasteiger partial charge is 0.229 e. The number of benzene rings is 1. The van der Waals surface area contributed by atoms with Gasteiger partial charge in [0, 0.05) is 17.7 Å². The van der Waals surface area contributed by atoms with Gasteiger partial charge in [-0.1, -0.05) is 39.2 Å². The van der Waals surface area contributed by atoms with E-state index >= 15 is 0 Å². The predicted molar refractivity (Wildman–Crippen MR) is 102 cm³/mol. The van der Waals surface area contributed by atoms with Crippen molar-refractivity contribution in [1.82, 2.24) is 5.32 Å². The van der Waals surface area contributed by atoms with Crippen LogP contribution in [-0.4, -0.2) is 17.6 Å². The molecule has 1 amide bonds. The average molecular weight is 349 g/mol. The van der Waals surface area contributed by atoms with Crippen molar-refractivity contribution in [2.75, 3.05) is 11.9 Å². The molecule has 1 saturated carbocycles. The van der Waals surface area contributed by atoms with Crippen LogP contribution in [-0.2, 0) is 4.79 Å². The number of carbonyl (C=O) groups excluding carboxylic acids is 1. The molecule has 0 heterocycles. The Kier molecular flexibility index (Phi) is 7.50. The van der Waals surface area contributed by atoms with Gasteiger partial charge in [-0.15, -0.1) is 0 Å². The quantitative estimate of drug-likeness (QED) is 0.743. The van der Waals surface area contributed by atoms with Gasteiger partial charge in [0.05, 0.1) is 6.61 Å². The van der Waals surface area contributed by atoms with Crippen LogP contribution in [0.3, 0.4) is 0 Å². The van der Waals surface area contributed by atoms with E-state index in [1.54, 1.807) is 0 Å². The summed E-state index contributed by atoms with van der Waals surface area (Å²) in [5.41, 5.74) is 0.825. The lowest BCUT2D eigenvalue weighted by atomic mass is 9.89. The van der Waals surface area contributed by atoms with Gasteiger partial charge >= 0.3 is 0 Å². The summed E-state index contributed by atoms with van der Waals surface area (Å²) in [5, 5.41) is 6.24. The third-order valence-electron chi connectivity index (χ3n) is 4.27.